The number of allylic oxidation sites excluding steroid dienone is 1. The van der Waals surface area contributed by atoms with Gasteiger partial charge in [-0.3, -0.25) is 0 Å². The molecule has 3 aliphatic rings. The fraction of sp³-hybridized carbons (Fsp3) is 0.259. The zero-order valence-electron chi connectivity index (χ0n) is 17.0. The Balaban J connectivity index is 0.000000106. The molecule has 148 valence electrons. The van der Waals surface area contributed by atoms with E-state index < -0.39 is 0 Å². The Labute approximate surface area is 174 Å². The van der Waals surface area contributed by atoms with Crippen molar-refractivity contribution in [2.45, 2.75) is 32.1 Å². The molecule has 2 heterocycles. The molecule has 0 aromatic heterocycles. The van der Waals surface area contributed by atoms with Crippen molar-refractivity contribution in [3.05, 3.63) is 101 Å². The summed E-state index contributed by atoms with van der Waals surface area (Å²) in [6.45, 7) is 2.27. The summed E-state index contributed by atoms with van der Waals surface area (Å²) in [6, 6.07) is 25.5. The average Bonchev–Trinajstić information content (AvgIpc) is 3.29. The van der Waals surface area contributed by atoms with Crippen LogP contribution in [0.3, 0.4) is 0 Å². The fourth-order valence-corrected chi connectivity index (χ4v) is 4.02. The minimum atomic E-state index is 1.12. The van der Waals surface area contributed by atoms with Gasteiger partial charge in [0.2, 0.25) is 0 Å². The minimum absolute atomic E-state index is 1.12. The molecule has 0 radical (unpaired) electrons. The second-order valence-corrected chi connectivity index (χ2v) is 7.68. The molecule has 1 aliphatic carbocycles. The molecule has 2 heteroatoms. The topological polar surface area (TPSA) is 24.1 Å². The number of hydrogen-bond acceptors (Lipinski definition) is 2. The Morgan fingerprint density at radius 1 is 0.552 bits per heavy atom. The predicted molar refractivity (Wildman–Crippen MR) is 126 cm³/mol. The van der Waals surface area contributed by atoms with Gasteiger partial charge in [-0.15, -0.1) is 0 Å². The molecule has 3 aromatic rings. The molecule has 0 saturated heterocycles. The first-order valence-electron chi connectivity index (χ1n) is 10.8. The highest BCUT2D eigenvalue weighted by Crippen LogP contribution is 2.21. The van der Waals surface area contributed by atoms with E-state index in [2.05, 4.69) is 95.6 Å². The van der Waals surface area contributed by atoms with Gasteiger partial charge in [0, 0.05) is 24.5 Å². The highest BCUT2D eigenvalue weighted by Gasteiger charge is 2.05. The number of hydrogen-bond donors (Lipinski definition) is 2. The van der Waals surface area contributed by atoms with Crippen molar-refractivity contribution < 1.29 is 0 Å². The Bertz CT molecular complexity index is 857. The van der Waals surface area contributed by atoms with Crippen molar-refractivity contribution in [3.63, 3.8) is 0 Å². The van der Waals surface area contributed by atoms with Crippen LogP contribution >= 0.6 is 0 Å². The molecule has 0 spiro atoms. The largest absolute Gasteiger partial charge is 0.385 e. The Morgan fingerprint density at radius 2 is 1.07 bits per heavy atom. The SMILES string of the molecule is C1=Cc2ccccc2C1.c1ccc2c(c1)CCCN2.c1ccc2c(c1)CCCN2. The van der Waals surface area contributed by atoms with Gasteiger partial charge in [0.1, 0.15) is 0 Å². The van der Waals surface area contributed by atoms with E-state index >= 15 is 0 Å². The molecule has 6 rings (SSSR count). The first-order chi connectivity index (χ1) is 14.4. The summed E-state index contributed by atoms with van der Waals surface area (Å²) in [6.07, 6.45) is 10.5. The molecule has 2 aliphatic heterocycles. The summed E-state index contributed by atoms with van der Waals surface area (Å²) in [5.41, 5.74) is 8.43. The number of aryl methyl sites for hydroxylation is 2. The van der Waals surface area contributed by atoms with Crippen molar-refractivity contribution in [2.75, 3.05) is 23.7 Å². The smallest absolute Gasteiger partial charge is 0.0372 e. The quantitative estimate of drug-likeness (QED) is 0.474. The molecule has 2 N–H and O–H groups in total. The molecule has 2 nitrogen and oxygen atoms in total. The van der Waals surface area contributed by atoms with Crippen molar-refractivity contribution in [3.8, 4) is 0 Å². The molecule has 0 fully saturated rings. The average molecular weight is 383 g/mol. The summed E-state index contributed by atoms with van der Waals surface area (Å²) in [5, 5.41) is 6.73. The first kappa shape index (κ1) is 19.3. The molecule has 0 amide bonds. The lowest BCUT2D eigenvalue weighted by Gasteiger charge is -2.16. The number of para-hydroxylation sites is 2. The van der Waals surface area contributed by atoms with E-state index in [1.54, 1.807) is 0 Å². The van der Waals surface area contributed by atoms with Gasteiger partial charge in [0.15, 0.2) is 0 Å². The Hall–Kier alpha value is -3.00. The lowest BCUT2D eigenvalue weighted by molar-refractivity contribution is 0.830. The van der Waals surface area contributed by atoms with Crippen molar-refractivity contribution in [1.29, 1.82) is 0 Å². The third kappa shape index (κ3) is 5.29. The molecular weight excluding hydrogens is 352 g/mol. The third-order valence-corrected chi connectivity index (χ3v) is 5.60. The van der Waals surface area contributed by atoms with Crippen LogP contribution in [0.1, 0.15) is 35.1 Å². The van der Waals surface area contributed by atoms with Crippen molar-refractivity contribution in [2.24, 2.45) is 0 Å². The van der Waals surface area contributed by atoms with E-state index in [1.807, 2.05) is 0 Å². The minimum Gasteiger partial charge on any atom is -0.385 e. The lowest BCUT2D eigenvalue weighted by Crippen LogP contribution is -2.10. The first-order valence-corrected chi connectivity index (χ1v) is 10.8. The molecule has 0 saturated carbocycles. The van der Waals surface area contributed by atoms with E-state index in [1.165, 1.54) is 59.3 Å². The fourth-order valence-electron chi connectivity index (χ4n) is 4.02. The molecule has 29 heavy (non-hydrogen) atoms. The number of rotatable bonds is 0. The zero-order chi connectivity index (χ0) is 19.7. The van der Waals surface area contributed by atoms with Crippen molar-refractivity contribution >= 4 is 17.5 Å². The Morgan fingerprint density at radius 3 is 1.62 bits per heavy atom. The number of fused-ring (bicyclic) bond motifs is 3. The van der Waals surface area contributed by atoms with Gasteiger partial charge in [0.25, 0.3) is 0 Å². The molecule has 0 unspecified atom stereocenters. The monoisotopic (exact) mass is 382 g/mol. The maximum Gasteiger partial charge on any atom is 0.0372 e. The summed E-state index contributed by atoms with van der Waals surface area (Å²) in [7, 11) is 0. The van der Waals surface area contributed by atoms with Crippen LogP contribution in [0.25, 0.3) is 6.08 Å². The van der Waals surface area contributed by atoms with Crippen LogP contribution in [-0.4, -0.2) is 13.1 Å². The maximum atomic E-state index is 3.36. The summed E-state index contributed by atoms with van der Waals surface area (Å²) >= 11 is 0. The second kappa shape index (κ2) is 9.97. The van der Waals surface area contributed by atoms with Gasteiger partial charge in [-0.1, -0.05) is 72.8 Å². The summed E-state index contributed by atoms with van der Waals surface area (Å²) in [4.78, 5) is 0. The number of anilines is 2. The lowest BCUT2D eigenvalue weighted by atomic mass is 10.0. The molecular formula is C27H30N2. The zero-order valence-corrected chi connectivity index (χ0v) is 17.0. The third-order valence-electron chi connectivity index (χ3n) is 5.60. The number of nitrogens with one attached hydrogen (secondary N) is 2. The van der Waals surface area contributed by atoms with Crippen LogP contribution in [0.2, 0.25) is 0 Å². The highest BCUT2D eigenvalue weighted by molar-refractivity contribution is 5.59. The van der Waals surface area contributed by atoms with Gasteiger partial charge in [0.05, 0.1) is 0 Å². The van der Waals surface area contributed by atoms with Gasteiger partial charge < -0.3 is 10.6 Å². The second-order valence-electron chi connectivity index (χ2n) is 7.68. The summed E-state index contributed by atoms with van der Waals surface area (Å²) < 4.78 is 0. The predicted octanol–water partition coefficient (Wildman–Crippen LogP) is 6.35. The normalized spacial score (nSPS) is 15.0. The molecule has 0 bridgehead atoms. The van der Waals surface area contributed by atoms with Crippen LogP contribution in [0.4, 0.5) is 11.4 Å². The van der Waals surface area contributed by atoms with Crippen LogP contribution in [0.5, 0.6) is 0 Å². The molecule has 0 atom stereocenters. The van der Waals surface area contributed by atoms with E-state index in [0.29, 0.717) is 0 Å². The van der Waals surface area contributed by atoms with Crippen LogP contribution in [0.15, 0.2) is 78.9 Å². The van der Waals surface area contributed by atoms with E-state index in [0.717, 1.165) is 19.5 Å². The van der Waals surface area contributed by atoms with E-state index in [-0.39, 0.29) is 0 Å². The van der Waals surface area contributed by atoms with Crippen LogP contribution < -0.4 is 10.6 Å². The van der Waals surface area contributed by atoms with E-state index in [4.69, 9.17) is 0 Å². The van der Waals surface area contributed by atoms with Crippen molar-refractivity contribution in [1.82, 2.24) is 0 Å². The molecule has 3 aromatic carbocycles. The van der Waals surface area contributed by atoms with Gasteiger partial charge >= 0.3 is 0 Å². The Kier molecular flexibility index (Phi) is 6.64. The summed E-state index contributed by atoms with van der Waals surface area (Å²) in [5.74, 6) is 0. The number of benzene rings is 3. The standard InChI is InChI=1S/2C9H11N.C9H8/c2*1-2-6-9-8(4-1)5-3-7-10-9;1-2-5-9-7-3-6-8(9)4-1/h2*1-2,4,6,10H,3,5,7H2;1-6H,7H2. The van der Waals surface area contributed by atoms with E-state index in [9.17, 15) is 0 Å². The van der Waals surface area contributed by atoms with Gasteiger partial charge in [-0.25, -0.2) is 0 Å². The van der Waals surface area contributed by atoms with Gasteiger partial charge in [-0.2, -0.15) is 0 Å². The van der Waals surface area contributed by atoms with Crippen LogP contribution in [-0.2, 0) is 19.3 Å². The maximum absolute atomic E-state index is 3.36. The van der Waals surface area contributed by atoms with Gasteiger partial charge in [-0.05, 0) is 66.5 Å². The van der Waals surface area contributed by atoms with Crippen LogP contribution in [0, 0.1) is 0 Å². The highest BCUT2D eigenvalue weighted by atomic mass is 14.9.